The molecule has 1 heterocycles. The molecule has 6 heteroatoms. The van der Waals surface area contributed by atoms with Crippen LogP contribution in [-0.2, 0) is 6.61 Å². The SMILES string of the molecule is NC(=S)c1ccnc(OCc2ccccc2Cl)n1. The number of hydrogen-bond acceptors (Lipinski definition) is 4. The van der Waals surface area contributed by atoms with Crippen molar-refractivity contribution in [2.75, 3.05) is 0 Å². The number of thiocarbonyl (C=S) groups is 1. The van der Waals surface area contributed by atoms with Crippen molar-refractivity contribution in [2.45, 2.75) is 6.61 Å². The van der Waals surface area contributed by atoms with E-state index in [0.29, 0.717) is 17.3 Å². The first-order valence-corrected chi connectivity index (χ1v) is 5.94. The van der Waals surface area contributed by atoms with Crippen LogP contribution in [0.15, 0.2) is 36.5 Å². The Balaban J connectivity index is 2.09. The number of benzene rings is 1. The molecular formula is C12H10ClN3OS. The van der Waals surface area contributed by atoms with Crippen LogP contribution in [0.2, 0.25) is 5.02 Å². The smallest absolute Gasteiger partial charge is 0.317 e. The topological polar surface area (TPSA) is 61.0 Å². The molecule has 0 bridgehead atoms. The molecule has 0 spiro atoms. The number of nitrogens with zero attached hydrogens (tertiary/aromatic N) is 2. The van der Waals surface area contributed by atoms with Crippen molar-refractivity contribution >= 4 is 28.8 Å². The minimum atomic E-state index is 0.208. The van der Waals surface area contributed by atoms with Gasteiger partial charge in [-0.25, -0.2) is 4.98 Å². The van der Waals surface area contributed by atoms with Crippen molar-refractivity contribution in [3.05, 3.63) is 52.8 Å². The molecule has 0 radical (unpaired) electrons. The summed E-state index contributed by atoms with van der Waals surface area (Å²) in [4.78, 5) is 8.26. The fraction of sp³-hybridized carbons (Fsp3) is 0.0833. The normalized spacial score (nSPS) is 10.1. The lowest BCUT2D eigenvalue weighted by Crippen LogP contribution is -2.12. The van der Waals surface area contributed by atoms with Crippen molar-refractivity contribution in [1.29, 1.82) is 0 Å². The van der Waals surface area contributed by atoms with Crippen molar-refractivity contribution in [3.63, 3.8) is 0 Å². The lowest BCUT2D eigenvalue weighted by molar-refractivity contribution is 0.280. The van der Waals surface area contributed by atoms with Gasteiger partial charge in [0.1, 0.15) is 17.3 Å². The number of halogens is 1. The minimum Gasteiger partial charge on any atom is -0.459 e. The average molecular weight is 280 g/mol. The molecular weight excluding hydrogens is 270 g/mol. The summed E-state index contributed by atoms with van der Waals surface area (Å²) in [6.07, 6.45) is 1.55. The Morgan fingerprint density at radius 1 is 1.33 bits per heavy atom. The maximum absolute atomic E-state index is 6.01. The largest absolute Gasteiger partial charge is 0.459 e. The third-order valence-electron chi connectivity index (χ3n) is 2.20. The second-order valence-electron chi connectivity index (χ2n) is 3.47. The number of aromatic nitrogens is 2. The van der Waals surface area contributed by atoms with Crippen LogP contribution < -0.4 is 10.5 Å². The van der Waals surface area contributed by atoms with Crippen LogP contribution in [0.5, 0.6) is 6.01 Å². The summed E-state index contributed by atoms with van der Waals surface area (Å²) in [5, 5.41) is 0.642. The molecule has 0 unspecified atom stereocenters. The zero-order chi connectivity index (χ0) is 13.0. The van der Waals surface area contributed by atoms with Gasteiger partial charge in [-0.3, -0.25) is 0 Å². The van der Waals surface area contributed by atoms with Gasteiger partial charge in [0.05, 0.1) is 0 Å². The van der Waals surface area contributed by atoms with Crippen molar-refractivity contribution in [3.8, 4) is 6.01 Å². The van der Waals surface area contributed by atoms with Crippen LogP contribution in [0.1, 0.15) is 11.3 Å². The second kappa shape index (κ2) is 5.75. The summed E-state index contributed by atoms with van der Waals surface area (Å²) in [7, 11) is 0. The van der Waals surface area contributed by atoms with Gasteiger partial charge >= 0.3 is 6.01 Å². The van der Waals surface area contributed by atoms with Gasteiger partial charge in [-0.2, -0.15) is 4.98 Å². The molecule has 0 amide bonds. The fourth-order valence-electron chi connectivity index (χ4n) is 1.31. The molecule has 2 N–H and O–H groups in total. The Kier molecular flexibility index (Phi) is 4.07. The fourth-order valence-corrected chi connectivity index (χ4v) is 1.61. The molecule has 1 aromatic carbocycles. The first-order valence-electron chi connectivity index (χ1n) is 5.16. The van der Waals surface area contributed by atoms with E-state index >= 15 is 0 Å². The van der Waals surface area contributed by atoms with Crippen LogP contribution in [0.25, 0.3) is 0 Å². The van der Waals surface area contributed by atoms with Crippen molar-refractivity contribution in [1.82, 2.24) is 9.97 Å². The molecule has 2 aromatic rings. The number of hydrogen-bond donors (Lipinski definition) is 1. The molecule has 1 aromatic heterocycles. The summed E-state index contributed by atoms with van der Waals surface area (Å²) in [5.41, 5.74) is 6.82. The molecule has 0 fully saturated rings. The summed E-state index contributed by atoms with van der Waals surface area (Å²) < 4.78 is 5.44. The third-order valence-corrected chi connectivity index (χ3v) is 2.78. The molecule has 0 atom stereocenters. The number of nitrogens with two attached hydrogens (primary N) is 1. The summed E-state index contributed by atoms with van der Waals surface area (Å²) in [5.74, 6) is 0. The predicted octanol–water partition coefficient (Wildman–Crippen LogP) is 2.34. The lowest BCUT2D eigenvalue weighted by atomic mass is 10.2. The van der Waals surface area contributed by atoms with Gasteiger partial charge in [0.15, 0.2) is 0 Å². The minimum absolute atomic E-state index is 0.208. The van der Waals surface area contributed by atoms with E-state index in [2.05, 4.69) is 9.97 Å². The Bertz CT molecular complexity index is 577. The van der Waals surface area contributed by atoms with Crippen LogP contribution in [0.4, 0.5) is 0 Å². The molecule has 0 aliphatic rings. The van der Waals surface area contributed by atoms with E-state index in [0.717, 1.165) is 5.56 Å². The van der Waals surface area contributed by atoms with E-state index in [1.165, 1.54) is 0 Å². The number of rotatable bonds is 4. The standard InChI is InChI=1S/C12H10ClN3OS/c13-9-4-2-1-3-8(9)7-17-12-15-6-5-10(16-12)11(14)18/h1-6H,7H2,(H2,14,18). The quantitative estimate of drug-likeness (QED) is 0.871. The van der Waals surface area contributed by atoms with E-state index in [4.69, 9.17) is 34.3 Å². The lowest BCUT2D eigenvalue weighted by Gasteiger charge is -2.06. The Labute approximate surface area is 115 Å². The Hall–Kier alpha value is -1.72. The first kappa shape index (κ1) is 12.7. The highest BCUT2D eigenvalue weighted by Crippen LogP contribution is 2.16. The van der Waals surface area contributed by atoms with E-state index in [1.807, 2.05) is 18.2 Å². The van der Waals surface area contributed by atoms with Crippen molar-refractivity contribution in [2.24, 2.45) is 5.73 Å². The van der Waals surface area contributed by atoms with Gasteiger partial charge in [-0.05, 0) is 12.1 Å². The maximum Gasteiger partial charge on any atom is 0.317 e. The third kappa shape index (κ3) is 3.15. The van der Waals surface area contributed by atoms with Gasteiger partial charge in [0.2, 0.25) is 0 Å². The molecule has 92 valence electrons. The summed E-state index contributed by atoms with van der Waals surface area (Å²) in [6, 6.07) is 9.27. The Morgan fingerprint density at radius 3 is 2.83 bits per heavy atom. The van der Waals surface area contributed by atoms with Crippen LogP contribution in [-0.4, -0.2) is 15.0 Å². The van der Waals surface area contributed by atoms with Gasteiger partial charge in [0.25, 0.3) is 0 Å². The second-order valence-corrected chi connectivity index (χ2v) is 4.32. The van der Waals surface area contributed by atoms with Gasteiger partial charge in [-0.15, -0.1) is 0 Å². The molecule has 0 saturated carbocycles. The average Bonchev–Trinajstić information content (AvgIpc) is 2.38. The zero-order valence-electron chi connectivity index (χ0n) is 9.34. The van der Waals surface area contributed by atoms with Crippen LogP contribution in [0, 0.1) is 0 Å². The van der Waals surface area contributed by atoms with E-state index in [-0.39, 0.29) is 11.0 Å². The van der Waals surface area contributed by atoms with E-state index < -0.39 is 0 Å². The Morgan fingerprint density at radius 2 is 2.11 bits per heavy atom. The van der Waals surface area contributed by atoms with Gasteiger partial charge in [0, 0.05) is 16.8 Å². The first-order chi connectivity index (χ1) is 8.66. The van der Waals surface area contributed by atoms with Crippen LogP contribution in [0.3, 0.4) is 0 Å². The molecule has 2 rings (SSSR count). The number of ether oxygens (including phenoxy) is 1. The summed E-state index contributed by atoms with van der Waals surface area (Å²) in [6.45, 7) is 0.292. The predicted molar refractivity (Wildman–Crippen MR) is 73.7 cm³/mol. The maximum atomic E-state index is 6.01. The van der Waals surface area contributed by atoms with Gasteiger partial charge in [-0.1, -0.05) is 42.0 Å². The van der Waals surface area contributed by atoms with Gasteiger partial charge < -0.3 is 10.5 Å². The monoisotopic (exact) mass is 279 g/mol. The zero-order valence-corrected chi connectivity index (χ0v) is 10.9. The van der Waals surface area contributed by atoms with E-state index in [9.17, 15) is 0 Å². The highest BCUT2D eigenvalue weighted by Gasteiger charge is 2.04. The molecule has 18 heavy (non-hydrogen) atoms. The molecule has 0 aliphatic carbocycles. The molecule has 0 saturated heterocycles. The highest BCUT2D eigenvalue weighted by molar-refractivity contribution is 7.80. The van der Waals surface area contributed by atoms with Crippen molar-refractivity contribution < 1.29 is 4.74 Å². The summed E-state index contributed by atoms with van der Waals surface area (Å²) >= 11 is 10.8. The highest BCUT2D eigenvalue weighted by atomic mass is 35.5. The van der Waals surface area contributed by atoms with Crippen LogP contribution >= 0.6 is 23.8 Å². The molecule has 4 nitrogen and oxygen atoms in total. The molecule has 0 aliphatic heterocycles. The van der Waals surface area contributed by atoms with E-state index in [1.54, 1.807) is 18.3 Å².